The molecule has 106 valence electrons. The molecule has 0 aliphatic heterocycles. The molecule has 0 radical (unpaired) electrons. The normalized spacial score (nSPS) is 12.2. The van der Waals surface area contributed by atoms with E-state index < -0.39 is 0 Å². The van der Waals surface area contributed by atoms with Crippen molar-refractivity contribution in [1.82, 2.24) is 5.32 Å². The van der Waals surface area contributed by atoms with Crippen molar-refractivity contribution >= 4 is 0 Å². The van der Waals surface area contributed by atoms with Crippen LogP contribution in [-0.2, 0) is 13.0 Å². The topological polar surface area (TPSA) is 21.3 Å². The highest BCUT2D eigenvalue weighted by Crippen LogP contribution is 2.12. The van der Waals surface area contributed by atoms with E-state index in [4.69, 9.17) is 4.74 Å². The van der Waals surface area contributed by atoms with Gasteiger partial charge in [0.15, 0.2) is 0 Å². The number of benzene rings is 2. The molecule has 0 aliphatic carbocycles. The van der Waals surface area contributed by atoms with Crippen molar-refractivity contribution < 1.29 is 4.74 Å². The fourth-order valence-electron chi connectivity index (χ4n) is 2.28. The first-order chi connectivity index (χ1) is 9.69. The molecule has 0 saturated heterocycles. The van der Waals surface area contributed by atoms with Gasteiger partial charge in [0.25, 0.3) is 0 Å². The Morgan fingerprint density at radius 3 is 2.40 bits per heavy atom. The van der Waals surface area contributed by atoms with Gasteiger partial charge in [0.1, 0.15) is 5.75 Å². The van der Waals surface area contributed by atoms with E-state index in [1.54, 1.807) is 7.11 Å². The molecule has 0 aromatic heterocycles. The van der Waals surface area contributed by atoms with Crippen molar-refractivity contribution in [2.24, 2.45) is 0 Å². The molecule has 1 atom stereocenters. The Labute approximate surface area is 121 Å². The zero-order chi connectivity index (χ0) is 14.4. The second-order valence-corrected chi connectivity index (χ2v) is 5.26. The molecular formula is C18H23NO. The van der Waals surface area contributed by atoms with E-state index >= 15 is 0 Å². The summed E-state index contributed by atoms with van der Waals surface area (Å²) in [6, 6.07) is 17.3. The summed E-state index contributed by atoms with van der Waals surface area (Å²) < 4.78 is 5.17. The number of aryl methyl sites for hydroxylation is 1. The van der Waals surface area contributed by atoms with Crippen LogP contribution in [0.15, 0.2) is 48.5 Å². The van der Waals surface area contributed by atoms with Crippen LogP contribution in [0.2, 0.25) is 0 Å². The monoisotopic (exact) mass is 269 g/mol. The van der Waals surface area contributed by atoms with E-state index in [1.807, 2.05) is 12.1 Å². The SMILES string of the molecule is COc1ccc(CNC(C)Cc2ccccc2C)cc1. The largest absolute Gasteiger partial charge is 0.497 e. The Morgan fingerprint density at radius 2 is 1.75 bits per heavy atom. The molecule has 2 rings (SSSR count). The molecule has 0 fully saturated rings. The molecule has 20 heavy (non-hydrogen) atoms. The number of methoxy groups -OCH3 is 1. The number of hydrogen-bond donors (Lipinski definition) is 1. The van der Waals surface area contributed by atoms with Gasteiger partial charge in [0, 0.05) is 12.6 Å². The van der Waals surface area contributed by atoms with Crippen LogP contribution in [0, 0.1) is 6.92 Å². The average Bonchev–Trinajstić information content (AvgIpc) is 2.48. The lowest BCUT2D eigenvalue weighted by Crippen LogP contribution is -2.27. The van der Waals surface area contributed by atoms with Crippen LogP contribution in [0.3, 0.4) is 0 Å². The molecule has 0 amide bonds. The minimum atomic E-state index is 0.457. The van der Waals surface area contributed by atoms with Gasteiger partial charge in [0.05, 0.1) is 7.11 Å². The highest BCUT2D eigenvalue weighted by molar-refractivity contribution is 5.28. The third-order valence-electron chi connectivity index (χ3n) is 3.60. The van der Waals surface area contributed by atoms with Gasteiger partial charge < -0.3 is 10.1 Å². The highest BCUT2D eigenvalue weighted by atomic mass is 16.5. The first kappa shape index (κ1) is 14.6. The number of rotatable bonds is 6. The molecule has 2 nitrogen and oxygen atoms in total. The minimum absolute atomic E-state index is 0.457. The van der Waals surface area contributed by atoms with Crippen molar-refractivity contribution in [1.29, 1.82) is 0 Å². The lowest BCUT2D eigenvalue weighted by atomic mass is 10.0. The van der Waals surface area contributed by atoms with Crippen LogP contribution in [0.1, 0.15) is 23.6 Å². The van der Waals surface area contributed by atoms with Crippen molar-refractivity contribution in [3.05, 3.63) is 65.2 Å². The summed E-state index contributed by atoms with van der Waals surface area (Å²) in [5.74, 6) is 0.904. The zero-order valence-corrected chi connectivity index (χ0v) is 12.5. The molecule has 2 heteroatoms. The third-order valence-corrected chi connectivity index (χ3v) is 3.60. The first-order valence-corrected chi connectivity index (χ1v) is 7.10. The molecule has 0 saturated carbocycles. The molecule has 0 aliphatic rings. The van der Waals surface area contributed by atoms with Gasteiger partial charge >= 0.3 is 0 Å². The Morgan fingerprint density at radius 1 is 1.05 bits per heavy atom. The standard InChI is InChI=1S/C18H23NO/c1-14-6-4-5-7-17(14)12-15(2)19-13-16-8-10-18(20-3)11-9-16/h4-11,15,19H,12-13H2,1-3H3. The van der Waals surface area contributed by atoms with Gasteiger partial charge in [-0.15, -0.1) is 0 Å². The van der Waals surface area contributed by atoms with Crippen molar-refractivity contribution in [2.45, 2.75) is 32.9 Å². The lowest BCUT2D eigenvalue weighted by Gasteiger charge is -2.15. The maximum atomic E-state index is 5.17. The number of ether oxygens (including phenoxy) is 1. The Kier molecular flexibility index (Phi) is 5.19. The van der Waals surface area contributed by atoms with Crippen LogP contribution in [-0.4, -0.2) is 13.2 Å². The summed E-state index contributed by atoms with van der Waals surface area (Å²) >= 11 is 0. The molecule has 2 aromatic rings. The van der Waals surface area contributed by atoms with Gasteiger partial charge in [-0.25, -0.2) is 0 Å². The van der Waals surface area contributed by atoms with Gasteiger partial charge in [-0.2, -0.15) is 0 Å². The molecular weight excluding hydrogens is 246 g/mol. The third kappa shape index (κ3) is 4.10. The zero-order valence-electron chi connectivity index (χ0n) is 12.5. The van der Waals surface area contributed by atoms with Gasteiger partial charge in [-0.1, -0.05) is 36.4 Å². The van der Waals surface area contributed by atoms with Crippen molar-refractivity contribution in [2.75, 3.05) is 7.11 Å². The second-order valence-electron chi connectivity index (χ2n) is 5.26. The van der Waals surface area contributed by atoms with E-state index in [1.165, 1.54) is 16.7 Å². The smallest absolute Gasteiger partial charge is 0.118 e. The fraction of sp³-hybridized carbons (Fsp3) is 0.333. The van der Waals surface area contributed by atoms with Crippen molar-refractivity contribution in [3.8, 4) is 5.75 Å². The first-order valence-electron chi connectivity index (χ1n) is 7.10. The predicted octanol–water partition coefficient (Wildman–Crippen LogP) is 3.72. The number of nitrogens with one attached hydrogen (secondary N) is 1. The van der Waals surface area contributed by atoms with Crippen LogP contribution >= 0.6 is 0 Å². The molecule has 2 aromatic carbocycles. The maximum Gasteiger partial charge on any atom is 0.118 e. The minimum Gasteiger partial charge on any atom is -0.497 e. The summed E-state index contributed by atoms with van der Waals surface area (Å²) in [5.41, 5.74) is 4.07. The summed E-state index contributed by atoms with van der Waals surface area (Å²) in [6.45, 7) is 5.29. The van der Waals surface area contributed by atoms with E-state index in [9.17, 15) is 0 Å². The summed E-state index contributed by atoms with van der Waals surface area (Å²) in [5, 5.41) is 3.57. The summed E-state index contributed by atoms with van der Waals surface area (Å²) in [6.07, 6.45) is 1.06. The fourth-order valence-corrected chi connectivity index (χ4v) is 2.28. The van der Waals surface area contributed by atoms with Crippen molar-refractivity contribution in [3.63, 3.8) is 0 Å². The van der Waals surface area contributed by atoms with E-state index in [0.717, 1.165) is 18.7 Å². The van der Waals surface area contributed by atoms with Gasteiger partial charge in [0.2, 0.25) is 0 Å². The van der Waals surface area contributed by atoms with E-state index in [2.05, 4.69) is 55.6 Å². The van der Waals surface area contributed by atoms with Crippen LogP contribution in [0.5, 0.6) is 5.75 Å². The quantitative estimate of drug-likeness (QED) is 0.863. The maximum absolute atomic E-state index is 5.17. The predicted molar refractivity (Wildman–Crippen MR) is 84.2 cm³/mol. The van der Waals surface area contributed by atoms with E-state index in [0.29, 0.717) is 6.04 Å². The molecule has 1 unspecified atom stereocenters. The van der Waals surface area contributed by atoms with Crippen LogP contribution < -0.4 is 10.1 Å². The Bertz CT molecular complexity index is 533. The lowest BCUT2D eigenvalue weighted by molar-refractivity contribution is 0.414. The highest BCUT2D eigenvalue weighted by Gasteiger charge is 2.05. The molecule has 0 bridgehead atoms. The van der Waals surface area contributed by atoms with Gasteiger partial charge in [-0.05, 0) is 49.1 Å². The Balaban J connectivity index is 1.85. The number of hydrogen-bond acceptors (Lipinski definition) is 2. The molecule has 1 N–H and O–H groups in total. The van der Waals surface area contributed by atoms with E-state index in [-0.39, 0.29) is 0 Å². The average molecular weight is 269 g/mol. The molecule has 0 spiro atoms. The summed E-state index contributed by atoms with van der Waals surface area (Å²) in [4.78, 5) is 0. The molecule has 0 heterocycles. The van der Waals surface area contributed by atoms with Crippen LogP contribution in [0.25, 0.3) is 0 Å². The summed E-state index contributed by atoms with van der Waals surface area (Å²) in [7, 11) is 1.69. The van der Waals surface area contributed by atoms with Gasteiger partial charge in [-0.3, -0.25) is 0 Å². The Hall–Kier alpha value is -1.80. The second kappa shape index (κ2) is 7.11. The van der Waals surface area contributed by atoms with Crippen LogP contribution in [0.4, 0.5) is 0 Å².